The van der Waals surface area contributed by atoms with Crippen molar-refractivity contribution in [3.8, 4) is 11.3 Å². The quantitative estimate of drug-likeness (QED) is 0.485. The Morgan fingerprint density at radius 3 is 2.31 bits per heavy atom. The first-order valence-corrected chi connectivity index (χ1v) is 11.3. The van der Waals surface area contributed by atoms with E-state index in [1.807, 2.05) is 55.1 Å². The van der Waals surface area contributed by atoms with Crippen LogP contribution in [0.15, 0.2) is 51.7 Å². The van der Waals surface area contributed by atoms with E-state index in [4.69, 9.17) is 16.6 Å². The second-order valence-electron chi connectivity index (χ2n) is 6.75. The van der Waals surface area contributed by atoms with E-state index in [0.29, 0.717) is 0 Å². The molecule has 0 atom stereocenters. The first kappa shape index (κ1) is 23.8. The minimum absolute atomic E-state index is 0. The number of hydrogen-bond donors (Lipinski definition) is 0. The molecule has 0 saturated heterocycles. The average Bonchev–Trinajstić information content (AvgIpc) is 2.99. The third kappa shape index (κ3) is 4.67. The minimum Gasteiger partial charge on any atom is -0.320 e. The molecular weight excluding hydrogens is 494 g/mol. The zero-order chi connectivity index (χ0) is 20.6. The lowest BCUT2D eigenvalue weighted by atomic mass is 10.1. The lowest BCUT2D eigenvalue weighted by Gasteiger charge is -2.14. The number of para-hydroxylation sites is 1. The number of rotatable bonds is 4. The van der Waals surface area contributed by atoms with Gasteiger partial charge < -0.3 is 4.57 Å². The number of benzene rings is 2. The summed E-state index contributed by atoms with van der Waals surface area (Å²) in [5, 5.41) is 2.18. The van der Waals surface area contributed by atoms with Gasteiger partial charge in [-0.15, -0.1) is 28.3 Å². The van der Waals surface area contributed by atoms with E-state index >= 15 is 0 Å². The maximum Gasteiger partial charge on any atom is 0.244 e. The molecule has 156 valence electrons. The van der Waals surface area contributed by atoms with E-state index in [1.54, 1.807) is 12.1 Å². The molecule has 9 heteroatoms. The van der Waals surface area contributed by atoms with Gasteiger partial charge in [0, 0.05) is 32.1 Å². The molecule has 0 radical (unpaired) electrons. The van der Waals surface area contributed by atoms with Crippen LogP contribution in [0.4, 0.5) is 5.69 Å². The van der Waals surface area contributed by atoms with E-state index < -0.39 is 10.0 Å². The molecular formula is C20H23BrClN3O2S2. The Hall–Kier alpha value is -1.45. The van der Waals surface area contributed by atoms with Gasteiger partial charge in [0.05, 0.1) is 16.4 Å². The van der Waals surface area contributed by atoms with E-state index in [2.05, 4.69) is 0 Å². The van der Waals surface area contributed by atoms with E-state index in [-0.39, 0.29) is 26.9 Å². The third-order valence-corrected chi connectivity index (χ3v) is 7.77. The highest BCUT2D eigenvalue weighted by molar-refractivity contribution is 8.93. The van der Waals surface area contributed by atoms with Crippen LogP contribution in [0.1, 0.15) is 11.1 Å². The molecule has 2 aromatic carbocycles. The normalized spacial score (nSPS) is 12.3. The number of nitrogens with zero attached hydrogens (tertiary/aromatic N) is 3. The van der Waals surface area contributed by atoms with Crippen molar-refractivity contribution in [2.45, 2.75) is 18.7 Å². The SMILES string of the molecule is Br.Cc1cccc(C)c1/N=c1/scc(-c2ccc(Cl)c(S(=O)(=O)N(C)C)c2)n1C. The highest BCUT2D eigenvalue weighted by atomic mass is 79.9. The summed E-state index contributed by atoms with van der Waals surface area (Å²) in [6, 6.07) is 11.2. The van der Waals surface area contributed by atoms with Gasteiger partial charge in [-0.2, -0.15) is 0 Å². The lowest BCUT2D eigenvalue weighted by Crippen LogP contribution is -2.22. The van der Waals surface area contributed by atoms with Crippen molar-refractivity contribution >= 4 is 55.6 Å². The first-order chi connectivity index (χ1) is 13.1. The van der Waals surface area contributed by atoms with Gasteiger partial charge in [0.25, 0.3) is 0 Å². The van der Waals surface area contributed by atoms with Crippen LogP contribution in [0.5, 0.6) is 0 Å². The van der Waals surface area contributed by atoms with Crippen molar-refractivity contribution in [3.63, 3.8) is 0 Å². The maximum absolute atomic E-state index is 12.6. The Kier molecular flexibility index (Phi) is 7.51. The predicted octanol–water partition coefficient (Wildman–Crippen LogP) is 5.08. The van der Waals surface area contributed by atoms with Gasteiger partial charge >= 0.3 is 0 Å². The van der Waals surface area contributed by atoms with Crippen LogP contribution < -0.4 is 4.80 Å². The number of halogens is 2. The van der Waals surface area contributed by atoms with Gasteiger partial charge in [-0.1, -0.05) is 35.9 Å². The first-order valence-electron chi connectivity index (χ1n) is 8.61. The van der Waals surface area contributed by atoms with Gasteiger partial charge in [-0.3, -0.25) is 0 Å². The molecule has 29 heavy (non-hydrogen) atoms. The van der Waals surface area contributed by atoms with Crippen molar-refractivity contribution in [3.05, 3.63) is 62.7 Å². The molecule has 0 saturated carbocycles. The Balaban J connectivity index is 0.00000300. The van der Waals surface area contributed by atoms with Crippen LogP contribution in [0, 0.1) is 13.8 Å². The van der Waals surface area contributed by atoms with Gasteiger partial charge in [0.15, 0.2) is 4.80 Å². The average molecular weight is 517 g/mol. The summed E-state index contributed by atoms with van der Waals surface area (Å²) in [5.41, 5.74) is 4.83. The Morgan fingerprint density at radius 2 is 1.72 bits per heavy atom. The van der Waals surface area contributed by atoms with Crippen LogP contribution >= 0.6 is 39.9 Å². The molecule has 3 rings (SSSR count). The number of aryl methyl sites for hydroxylation is 2. The van der Waals surface area contributed by atoms with Crippen molar-refractivity contribution in [2.75, 3.05) is 14.1 Å². The van der Waals surface area contributed by atoms with Crippen LogP contribution in [0.25, 0.3) is 11.3 Å². The summed E-state index contributed by atoms with van der Waals surface area (Å²) in [5.74, 6) is 0. The molecule has 0 bridgehead atoms. The van der Waals surface area contributed by atoms with Crippen LogP contribution in [-0.4, -0.2) is 31.4 Å². The maximum atomic E-state index is 12.6. The molecule has 1 aromatic heterocycles. The Labute approximate surface area is 191 Å². The molecule has 5 nitrogen and oxygen atoms in total. The second-order valence-corrected chi connectivity index (χ2v) is 10.1. The third-order valence-electron chi connectivity index (χ3n) is 4.56. The van der Waals surface area contributed by atoms with Gasteiger partial charge in [-0.25, -0.2) is 17.7 Å². The highest BCUT2D eigenvalue weighted by Crippen LogP contribution is 2.30. The molecule has 0 aliphatic rings. The predicted molar refractivity (Wildman–Crippen MR) is 126 cm³/mol. The Bertz CT molecular complexity index is 1190. The van der Waals surface area contributed by atoms with E-state index in [1.165, 1.54) is 25.4 Å². The number of aromatic nitrogens is 1. The number of thiazole rings is 1. The monoisotopic (exact) mass is 515 g/mol. The minimum atomic E-state index is -3.63. The van der Waals surface area contributed by atoms with Crippen LogP contribution in [0.3, 0.4) is 0 Å². The summed E-state index contributed by atoms with van der Waals surface area (Å²) in [4.78, 5) is 5.76. The molecule has 0 spiro atoms. The van der Waals surface area contributed by atoms with Crippen molar-refractivity contribution in [1.82, 2.24) is 8.87 Å². The molecule has 0 unspecified atom stereocenters. The largest absolute Gasteiger partial charge is 0.320 e. The van der Waals surface area contributed by atoms with E-state index in [0.717, 1.165) is 37.2 Å². The fourth-order valence-electron chi connectivity index (χ4n) is 2.87. The van der Waals surface area contributed by atoms with Crippen LogP contribution in [0.2, 0.25) is 5.02 Å². The lowest BCUT2D eigenvalue weighted by molar-refractivity contribution is 0.521. The fraction of sp³-hybridized carbons (Fsp3) is 0.250. The van der Waals surface area contributed by atoms with Crippen LogP contribution in [-0.2, 0) is 17.1 Å². The summed E-state index contributed by atoms with van der Waals surface area (Å²) in [6.45, 7) is 4.08. The molecule has 0 amide bonds. The van der Waals surface area contributed by atoms with Gasteiger partial charge in [0.1, 0.15) is 4.90 Å². The summed E-state index contributed by atoms with van der Waals surface area (Å²) >= 11 is 7.68. The standard InChI is InChI=1S/C20H22ClN3O2S2.BrH/c1-13-7-6-8-14(2)19(13)22-20-24(5)17(12-27-20)15-9-10-16(21)18(11-15)28(25,26)23(3)4;/h6-12H,1-5H3;1H/b22-20+;. The molecule has 1 heterocycles. The summed E-state index contributed by atoms with van der Waals surface area (Å²) in [7, 11) is 1.27. The zero-order valence-electron chi connectivity index (χ0n) is 16.8. The Morgan fingerprint density at radius 1 is 1.10 bits per heavy atom. The van der Waals surface area contributed by atoms with Gasteiger partial charge in [0.2, 0.25) is 10.0 Å². The smallest absolute Gasteiger partial charge is 0.244 e. The van der Waals surface area contributed by atoms with E-state index in [9.17, 15) is 8.42 Å². The number of hydrogen-bond acceptors (Lipinski definition) is 4. The van der Waals surface area contributed by atoms with Crippen molar-refractivity contribution in [1.29, 1.82) is 0 Å². The molecule has 3 aromatic rings. The number of sulfonamides is 1. The van der Waals surface area contributed by atoms with Crippen molar-refractivity contribution in [2.24, 2.45) is 12.0 Å². The summed E-state index contributed by atoms with van der Waals surface area (Å²) < 4.78 is 28.2. The molecule has 0 N–H and O–H groups in total. The molecule has 0 aliphatic heterocycles. The highest BCUT2D eigenvalue weighted by Gasteiger charge is 2.22. The molecule has 0 fully saturated rings. The molecule has 0 aliphatic carbocycles. The van der Waals surface area contributed by atoms with Crippen molar-refractivity contribution < 1.29 is 8.42 Å². The van der Waals surface area contributed by atoms with Gasteiger partial charge in [-0.05, 0) is 37.1 Å². The second kappa shape index (κ2) is 9.14. The summed E-state index contributed by atoms with van der Waals surface area (Å²) in [6.07, 6.45) is 0. The zero-order valence-corrected chi connectivity index (χ0v) is 20.9. The fourth-order valence-corrected chi connectivity index (χ4v) is 5.17. The topological polar surface area (TPSA) is 54.7 Å².